The lowest BCUT2D eigenvalue weighted by Crippen LogP contribution is -2.17. The van der Waals surface area contributed by atoms with E-state index in [-0.39, 0.29) is 11.3 Å². The maximum absolute atomic E-state index is 12.0. The summed E-state index contributed by atoms with van der Waals surface area (Å²) < 4.78 is 5.75. The summed E-state index contributed by atoms with van der Waals surface area (Å²) in [5.41, 5.74) is 5.43. The van der Waals surface area contributed by atoms with Crippen molar-refractivity contribution in [3.05, 3.63) is 105 Å². The molecule has 0 atom stereocenters. The molecule has 7 heteroatoms. The first-order valence-electron chi connectivity index (χ1n) is 8.87. The molecule has 0 saturated heterocycles. The molecule has 0 fully saturated rings. The summed E-state index contributed by atoms with van der Waals surface area (Å²) in [5, 5.41) is 14.7. The number of benzene rings is 3. The Bertz CT molecular complexity index is 1030. The minimum atomic E-state index is -0.553. The predicted octanol–water partition coefficient (Wildman–Crippen LogP) is 4.25. The Morgan fingerprint density at radius 1 is 1.10 bits per heavy atom. The van der Waals surface area contributed by atoms with Crippen LogP contribution < -0.4 is 10.2 Å². The molecule has 0 aliphatic heterocycles. The lowest BCUT2D eigenvalue weighted by molar-refractivity contribution is -0.384. The molecule has 3 aromatic rings. The van der Waals surface area contributed by atoms with Crippen molar-refractivity contribution in [3.8, 4) is 5.75 Å². The van der Waals surface area contributed by atoms with E-state index < -0.39 is 10.8 Å². The lowest BCUT2D eigenvalue weighted by atomic mass is 10.2. The number of carbonyl (C=O) groups excluding carboxylic acids is 1. The Morgan fingerprint density at radius 2 is 1.83 bits per heavy atom. The summed E-state index contributed by atoms with van der Waals surface area (Å²) >= 11 is 0. The topological polar surface area (TPSA) is 93.8 Å². The van der Waals surface area contributed by atoms with E-state index in [1.54, 1.807) is 0 Å². The number of non-ortho nitro benzene ring substituents is 1. The first-order chi connectivity index (χ1) is 14.0. The van der Waals surface area contributed by atoms with E-state index in [2.05, 4.69) is 10.5 Å². The summed E-state index contributed by atoms with van der Waals surface area (Å²) in [6, 6.07) is 20.9. The number of carbonyl (C=O) groups is 1. The van der Waals surface area contributed by atoms with Gasteiger partial charge in [0.1, 0.15) is 12.4 Å². The van der Waals surface area contributed by atoms with Gasteiger partial charge in [-0.3, -0.25) is 14.9 Å². The van der Waals surface area contributed by atoms with E-state index >= 15 is 0 Å². The van der Waals surface area contributed by atoms with Crippen molar-refractivity contribution in [2.45, 2.75) is 13.5 Å². The first kappa shape index (κ1) is 19.8. The first-order valence-corrected chi connectivity index (χ1v) is 8.87. The van der Waals surface area contributed by atoms with Crippen LogP contribution in [-0.4, -0.2) is 17.0 Å². The van der Waals surface area contributed by atoms with Gasteiger partial charge in [-0.05, 0) is 48.4 Å². The maximum Gasteiger partial charge on any atom is 0.271 e. The molecule has 7 nitrogen and oxygen atoms in total. The Morgan fingerprint density at radius 3 is 2.52 bits per heavy atom. The van der Waals surface area contributed by atoms with E-state index in [0.29, 0.717) is 6.61 Å². The minimum Gasteiger partial charge on any atom is -0.489 e. The van der Waals surface area contributed by atoms with Gasteiger partial charge >= 0.3 is 0 Å². The molecule has 0 heterocycles. The van der Waals surface area contributed by atoms with Crippen LogP contribution in [0, 0.1) is 17.0 Å². The molecular formula is C22H19N3O4. The van der Waals surface area contributed by atoms with Crippen molar-refractivity contribution in [1.82, 2.24) is 5.43 Å². The van der Waals surface area contributed by atoms with E-state index in [0.717, 1.165) is 16.9 Å². The lowest BCUT2D eigenvalue weighted by Gasteiger charge is -2.06. The number of hydrogen-bond donors (Lipinski definition) is 1. The van der Waals surface area contributed by atoms with Crippen molar-refractivity contribution in [2.75, 3.05) is 0 Å². The fourth-order valence-electron chi connectivity index (χ4n) is 2.49. The van der Waals surface area contributed by atoms with Gasteiger partial charge in [-0.2, -0.15) is 5.10 Å². The summed E-state index contributed by atoms with van der Waals surface area (Å²) in [7, 11) is 0. The van der Waals surface area contributed by atoms with Crippen LogP contribution in [0.15, 0.2) is 77.9 Å². The Kier molecular flexibility index (Phi) is 6.32. The average molecular weight is 389 g/mol. The number of ether oxygens (including phenoxy) is 1. The summed E-state index contributed by atoms with van der Waals surface area (Å²) in [6.45, 7) is 2.52. The van der Waals surface area contributed by atoms with Gasteiger partial charge in [-0.1, -0.05) is 35.9 Å². The Hall–Kier alpha value is -4.00. The SMILES string of the molecule is Cc1ccc(COc2ccc(/C=N/NC(=O)c3cccc([N+](=O)[O-])c3)cc2)cc1. The third-order valence-corrected chi connectivity index (χ3v) is 4.11. The van der Waals surface area contributed by atoms with Crippen molar-refractivity contribution >= 4 is 17.8 Å². The molecule has 1 amide bonds. The summed E-state index contributed by atoms with van der Waals surface area (Å²) in [6.07, 6.45) is 1.49. The predicted molar refractivity (Wildman–Crippen MR) is 110 cm³/mol. The molecule has 0 aliphatic carbocycles. The zero-order valence-electron chi connectivity index (χ0n) is 15.7. The van der Waals surface area contributed by atoms with Gasteiger partial charge in [-0.25, -0.2) is 5.43 Å². The Balaban J connectivity index is 1.53. The van der Waals surface area contributed by atoms with Crippen molar-refractivity contribution < 1.29 is 14.5 Å². The number of amides is 1. The van der Waals surface area contributed by atoms with E-state index in [9.17, 15) is 14.9 Å². The van der Waals surface area contributed by atoms with Gasteiger partial charge < -0.3 is 4.74 Å². The van der Waals surface area contributed by atoms with E-state index in [4.69, 9.17) is 4.74 Å². The number of hydrazone groups is 1. The highest BCUT2D eigenvalue weighted by Crippen LogP contribution is 2.15. The molecule has 0 spiro atoms. The number of nitro groups is 1. The molecule has 1 N–H and O–H groups in total. The molecule has 3 rings (SSSR count). The van der Waals surface area contributed by atoms with E-state index in [1.165, 1.54) is 36.0 Å². The molecule has 0 unspecified atom stereocenters. The van der Waals surface area contributed by atoms with Gasteiger partial charge in [0, 0.05) is 17.7 Å². The quantitative estimate of drug-likeness (QED) is 0.371. The number of nitrogens with zero attached hydrogens (tertiary/aromatic N) is 2. The molecule has 29 heavy (non-hydrogen) atoms. The fourth-order valence-corrected chi connectivity index (χ4v) is 2.49. The number of aryl methyl sites for hydroxylation is 1. The molecule has 0 radical (unpaired) electrons. The third-order valence-electron chi connectivity index (χ3n) is 4.11. The highest BCUT2D eigenvalue weighted by atomic mass is 16.6. The second kappa shape index (κ2) is 9.27. The molecule has 146 valence electrons. The number of nitro benzene ring substituents is 1. The van der Waals surface area contributed by atoms with Crippen LogP contribution >= 0.6 is 0 Å². The maximum atomic E-state index is 12.0. The van der Waals surface area contributed by atoms with Crippen LogP contribution in [0.4, 0.5) is 5.69 Å². The van der Waals surface area contributed by atoms with Crippen molar-refractivity contribution in [1.29, 1.82) is 0 Å². The molecule has 3 aromatic carbocycles. The van der Waals surface area contributed by atoms with Gasteiger partial charge in [0.25, 0.3) is 11.6 Å². The molecule has 0 aromatic heterocycles. The molecule has 0 aliphatic rings. The van der Waals surface area contributed by atoms with E-state index in [1.807, 2.05) is 55.5 Å². The number of nitrogens with one attached hydrogen (secondary N) is 1. The fraction of sp³-hybridized carbons (Fsp3) is 0.0909. The van der Waals surface area contributed by atoms with Crippen LogP contribution in [0.3, 0.4) is 0 Å². The monoisotopic (exact) mass is 389 g/mol. The van der Waals surface area contributed by atoms with Crippen LogP contribution in [0.1, 0.15) is 27.0 Å². The van der Waals surface area contributed by atoms with Crippen LogP contribution in [0.5, 0.6) is 5.75 Å². The second-order valence-corrected chi connectivity index (χ2v) is 6.35. The van der Waals surface area contributed by atoms with Gasteiger partial charge in [0.15, 0.2) is 0 Å². The Labute approximate surface area is 167 Å². The largest absolute Gasteiger partial charge is 0.489 e. The summed E-state index contributed by atoms with van der Waals surface area (Å²) in [5.74, 6) is 0.200. The van der Waals surface area contributed by atoms with Crippen LogP contribution in [0.2, 0.25) is 0 Å². The number of hydrogen-bond acceptors (Lipinski definition) is 5. The van der Waals surface area contributed by atoms with Gasteiger partial charge in [0.2, 0.25) is 0 Å². The normalized spacial score (nSPS) is 10.7. The molecule has 0 bridgehead atoms. The van der Waals surface area contributed by atoms with Crippen molar-refractivity contribution in [3.63, 3.8) is 0 Å². The number of rotatable bonds is 7. The zero-order valence-corrected chi connectivity index (χ0v) is 15.7. The van der Waals surface area contributed by atoms with Gasteiger partial charge in [0.05, 0.1) is 11.1 Å². The van der Waals surface area contributed by atoms with Crippen molar-refractivity contribution in [2.24, 2.45) is 5.10 Å². The molecule has 0 saturated carbocycles. The average Bonchev–Trinajstić information content (AvgIpc) is 2.74. The highest BCUT2D eigenvalue weighted by Gasteiger charge is 2.10. The standard InChI is InChI=1S/C22H19N3O4/c1-16-5-7-18(8-6-16)15-29-21-11-9-17(10-12-21)14-23-24-22(26)19-3-2-4-20(13-19)25(27)28/h2-14H,15H2,1H3,(H,24,26)/b23-14+. The van der Waals surface area contributed by atoms with Crippen LogP contribution in [-0.2, 0) is 6.61 Å². The third kappa shape index (κ3) is 5.74. The minimum absolute atomic E-state index is 0.150. The highest BCUT2D eigenvalue weighted by molar-refractivity contribution is 5.95. The van der Waals surface area contributed by atoms with Crippen LogP contribution in [0.25, 0.3) is 0 Å². The zero-order chi connectivity index (χ0) is 20.6. The molecular weight excluding hydrogens is 370 g/mol. The second-order valence-electron chi connectivity index (χ2n) is 6.35. The smallest absolute Gasteiger partial charge is 0.271 e. The van der Waals surface area contributed by atoms with Gasteiger partial charge in [-0.15, -0.1) is 0 Å². The summed E-state index contributed by atoms with van der Waals surface area (Å²) in [4.78, 5) is 22.3.